The molecule has 5 nitrogen and oxygen atoms in total. The topological polar surface area (TPSA) is 73.2 Å². The van der Waals surface area contributed by atoms with E-state index < -0.39 is 0 Å². The van der Waals surface area contributed by atoms with Crippen LogP contribution >= 0.6 is 0 Å². The quantitative estimate of drug-likeness (QED) is 0.759. The van der Waals surface area contributed by atoms with Gasteiger partial charge < -0.3 is 15.2 Å². The van der Waals surface area contributed by atoms with Gasteiger partial charge in [-0.15, -0.1) is 0 Å². The lowest BCUT2D eigenvalue weighted by Crippen LogP contribution is -2.11. The number of nitrogens with zero attached hydrogens (tertiary/aromatic N) is 1. The van der Waals surface area contributed by atoms with E-state index in [-0.39, 0.29) is 6.79 Å². The molecule has 1 aliphatic rings. The van der Waals surface area contributed by atoms with E-state index in [1.807, 2.05) is 18.2 Å². The number of nitrogens with one attached hydrogen (secondary N) is 1. The zero-order valence-electron chi connectivity index (χ0n) is 8.56. The molecule has 0 radical (unpaired) electrons. The Morgan fingerprint density at radius 3 is 3.12 bits per heavy atom. The number of nitrogens with two attached hydrogens (primary N) is 1. The van der Waals surface area contributed by atoms with E-state index in [1.165, 1.54) is 0 Å². The maximum Gasteiger partial charge on any atom is 0.189 e. The van der Waals surface area contributed by atoms with Crippen molar-refractivity contribution in [1.82, 2.24) is 10.2 Å². The summed E-state index contributed by atoms with van der Waals surface area (Å²) in [6.45, 7) is 0.862. The molecule has 2 heterocycles. The number of ether oxygens (including phenoxy) is 2. The molecule has 1 aliphatic heterocycles. The maximum absolute atomic E-state index is 5.58. The number of aromatic nitrogens is 2. The third-order valence-electron chi connectivity index (χ3n) is 2.53. The number of aromatic amines is 1. The minimum Gasteiger partial charge on any atom is -0.466 e. The summed E-state index contributed by atoms with van der Waals surface area (Å²) in [6.07, 6.45) is 0. The molecule has 0 spiro atoms. The average molecular weight is 217 g/mol. The van der Waals surface area contributed by atoms with Gasteiger partial charge in [0.25, 0.3) is 0 Å². The van der Waals surface area contributed by atoms with Crippen LogP contribution in [0.2, 0.25) is 0 Å². The van der Waals surface area contributed by atoms with Gasteiger partial charge in [-0.3, -0.25) is 5.10 Å². The first kappa shape index (κ1) is 9.23. The van der Waals surface area contributed by atoms with Crippen molar-refractivity contribution in [2.24, 2.45) is 0 Å². The standard InChI is InChI=1S/C11H11N3O2/c12-10-4-9(13-14-10)8-3-1-2-7-5-15-6-16-11(7)8/h1-4H,5-6H2,(H3,12,13,14). The number of fused-ring (bicyclic) bond motifs is 1. The molecule has 16 heavy (non-hydrogen) atoms. The fraction of sp³-hybridized carbons (Fsp3) is 0.182. The van der Waals surface area contributed by atoms with Crippen LogP contribution in [0.3, 0.4) is 0 Å². The van der Waals surface area contributed by atoms with Gasteiger partial charge in [-0.1, -0.05) is 12.1 Å². The Kier molecular flexibility index (Phi) is 2.04. The highest BCUT2D eigenvalue weighted by Crippen LogP contribution is 2.34. The predicted octanol–water partition coefficient (Wildman–Crippen LogP) is 1.53. The van der Waals surface area contributed by atoms with Crippen LogP contribution in [0.4, 0.5) is 5.82 Å². The van der Waals surface area contributed by atoms with Crippen LogP contribution in [-0.2, 0) is 11.3 Å². The summed E-state index contributed by atoms with van der Waals surface area (Å²) in [4.78, 5) is 0. The Labute approximate surface area is 92.2 Å². The van der Waals surface area contributed by atoms with Crippen molar-refractivity contribution in [3.8, 4) is 17.0 Å². The normalized spacial score (nSPS) is 14.2. The van der Waals surface area contributed by atoms with E-state index in [4.69, 9.17) is 15.2 Å². The minimum atomic E-state index is 0.285. The molecule has 0 amide bonds. The van der Waals surface area contributed by atoms with E-state index in [0.717, 1.165) is 22.6 Å². The zero-order valence-corrected chi connectivity index (χ0v) is 8.56. The van der Waals surface area contributed by atoms with Crippen molar-refractivity contribution in [1.29, 1.82) is 0 Å². The Hall–Kier alpha value is -2.01. The van der Waals surface area contributed by atoms with Crippen molar-refractivity contribution < 1.29 is 9.47 Å². The van der Waals surface area contributed by atoms with Crippen LogP contribution in [0.1, 0.15) is 5.56 Å². The zero-order chi connectivity index (χ0) is 11.0. The second kappa shape index (κ2) is 3.53. The molecule has 82 valence electrons. The lowest BCUT2D eigenvalue weighted by Gasteiger charge is -2.19. The van der Waals surface area contributed by atoms with Crippen molar-refractivity contribution >= 4 is 5.82 Å². The fourth-order valence-corrected chi connectivity index (χ4v) is 1.81. The molecular weight excluding hydrogens is 206 g/mol. The SMILES string of the molecule is Nc1cc(-c2cccc3c2OCOC3)[nH]n1. The molecule has 5 heteroatoms. The maximum atomic E-state index is 5.58. The number of benzene rings is 1. The summed E-state index contributed by atoms with van der Waals surface area (Å²) in [5, 5.41) is 6.78. The third-order valence-corrected chi connectivity index (χ3v) is 2.53. The first-order valence-electron chi connectivity index (χ1n) is 4.98. The molecular formula is C11H11N3O2. The number of hydrogen-bond donors (Lipinski definition) is 2. The Bertz CT molecular complexity index is 522. The van der Waals surface area contributed by atoms with E-state index in [1.54, 1.807) is 6.07 Å². The highest BCUT2D eigenvalue weighted by atomic mass is 16.7. The van der Waals surface area contributed by atoms with Crippen LogP contribution in [0.5, 0.6) is 5.75 Å². The largest absolute Gasteiger partial charge is 0.466 e. The summed E-state index contributed by atoms with van der Waals surface area (Å²) in [5.41, 5.74) is 8.44. The Balaban J connectivity index is 2.13. The average Bonchev–Trinajstić information content (AvgIpc) is 2.75. The smallest absolute Gasteiger partial charge is 0.189 e. The number of H-pyrrole nitrogens is 1. The van der Waals surface area contributed by atoms with Gasteiger partial charge in [0.05, 0.1) is 12.3 Å². The van der Waals surface area contributed by atoms with Crippen LogP contribution in [0.15, 0.2) is 24.3 Å². The van der Waals surface area contributed by atoms with Crippen molar-refractivity contribution in [2.45, 2.75) is 6.61 Å². The molecule has 0 unspecified atom stereocenters. The van der Waals surface area contributed by atoms with E-state index in [9.17, 15) is 0 Å². The lowest BCUT2D eigenvalue weighted by atomic mass is 10.1. The Morgan fingerprint density at radius 2 is 2.31 bits per heavy atom. The van der Waals surface area contributed by atoms with Crippen LogP contribution < -0.4 is 10.5 Å². The van der Waals surface area contributed by atoms with Gasteiger partial charge in [0.1, 0.15) is 11.6 Å². The van der Waals surface area contributed by atoms with Crippen LogP contribution in [0.25, 0.3) is 11.3 Å². The Morgan fingerprint density at radius 1 is 1.38 bits per heavy atom. The number of rotatable bonds is 1. The molecule has 1 aromatic carbocycles. The molecule has 2 aromatic rings. The lowest BCUT2D eigenvalue weighted by molar-refractivity contribution is -0.0159. The number of para-hydroxylation sites is 1. The molecule has 0 saturated carbocycles. The molecule has 3 rings (SSSR count). The molecule has 0 atom stereocenters. The summed E-state index contributed by atoms with van der Waals surface area (Å²) >= 11 is 0. The minimum absolute atomic E-state index is 0.285. The van der Waals surface area contributed by atoms with E-state index in [2.05, 4.69) is 10.2 Å². The van der Waals surface area contributed by atoms with Gasteiger partial charge >= 0.3 is 0 Å². The summed E-state index contributed by atoms with van der Waals surface area (Å²) in [6, 6.07) is 7.70. The number of nitrogen functional groups attached to an aromatic ring is 1. The summed E-state index contributed by atoms with van der Waals surface area (Å²) < 4.78 is 10.7. The van der Waals surface area contributed by atoms with Gasteiger partial charge in [-0.25, -0.2) is 0 Å². The van der Waals surface area contributed by atoms with E-state index >= 15 is 0 Å². The number of anilines is 1. The third kappa shape index (κ3) is 1.42. The molecule has 0 aliphatic carbocycles. The monoisotopic (exact) mass is 217 g/mol. The van der Waals surface area contributed by atoms with Gasteiger partial charge in [-0.05, 0) is 6.07 Å². The van der Waals surface area contributed by atoms with Crippen molar-refractivity contribution in [3.63, 3.8) is 0 Å². The first-order chi connectivity index (χ1) is 7.84. The van der Waals surface area contributed by atoms with Crippen LogP contribution in [-0.4, -0.2) is 17.0 Å². The highest BCUT2D eigenvalue weighted by molar-refractivity contribution is 5.70. The summed E-state index contributed by atoms with van der Waals surface area (Å²) in [7, 11) is 0. The van der Waals surface area contributed by atoms with Crippen molar-refractivity contribution in [3.05, 3.63) is 29.8 Å². The van der Waals surface area contributed by atoms with E-state index in [0.29, 0.717) is 12.4 Å². The summed E-state index contributed by atoms with van der Waals surface area (Å²) in [5.74, 6) is 1.32. The molecule has 0 fully saturated rings. The number of hydrogen-bond acceptors (Lipinski definition) is 4. The molecule has 0 bridgehead atoms. The van der Waals surface area contributed by atoms with Crippen LogP contribution in [0, 0.1) is 0 Å². The molecule has 0 saturated heterocycles. The van der Waals surface area contributed by atoms with Crippen molar-refractivity contribution in [2.75, 3.05) is 12.5 Å². The van der Waals surface area contributed by atoms with Gasteiger partial charge in [0, 0.05) is 17.2 Å². The molecule has 1 aromatic heterocycles. The van der Waals surface area contributed by atoms with Gasteiger partial charge in [0.2, 0.25) is 0 Å². The van der Waals surface area contributed by atoms with Gasteiger partial charge in [-0.2, -0.15) is 5.10 Å². The molecule has 3 N–H and O–H groups in total. The second-order valence-electron chi connectivity index (χ2n) is 3.61. The fourth-order valence-electron chi connectivity index (χ4n) is 1.81. The highest BCUT2D eigenvalue weighted by Gasteiger charge is 2.16. The first-order valence-corrected chi connectivity index (χ1v) is 4.98. The second-order valence-corrected chi connectivity index (χ2v) is 3.61. The predicted molar refractivity (Wildman–Crippen MR) is 58.7 cm³/mol. The van der Waals surface area contributed by atoms with Gasteiger partial charge in [0.15, 0.2) is 6.79 Å².